The van der Waals surface area contributed by atoms with E-state index >= 15 is 0 Å². The first-order chi connectivity index (χ1) is 13.4. The van der Waals surface area contributed by atoms with Gasteiger partial charge in [0, 0.05) is 18.6 Å². The normalized spacial score (nSPS) is 16.5. The maximum absolute atomic E-state index is 13.5. The molecule has 3 aromatic rings. The van der Waals surface area contributed by atoms with Gasteiger partial charge in [-0.25, -0.2) is 9.78 Å². The van der Waals surface area contributed by atoms with Crippen molar-refractivity contribution < 1.29 is 22.7 Å². The number of aliphatic imine (C=N–C) groups is 1. The summed E-state index contributed by atoms with van der Waals surface area (Å²) in [6.45, 7) is 0. The van der Waals surface area contributed by atoms with Gasteiger partial charge in [-0.05, 0) is 18.2 Å². The fourth-order valence-corrected chi connectivity index (χ4v) is 3.56. The Morgan fingerprint density at radius 2 is 2.14 bits per heavy atom. The lowest BCUT2D eigenvalue weighted by Crippen LogP contribution is -2.24. The van der Waals surface area contributed by atoms with Gasteiger partial charge in [0.1, 0.15) is 10.4 Å². The van der Waals surface area contributed by atoms with E-state index in [4.69, 9.17) is 0 Å². The number of nitrogens with one attached hydrogen (secondary N) is 1. The van der Waals surface area contributed by atoms with Gasteiger partial charge in [0.15, 0.2) is 5.65 Å². The molecule has 144 valence electrons. The van der Waals surface area contributed by atoms with Crippen LogP contribution >= 0.6 is 11.8 Å². The number of hydrogen-bond acceptors (Lipinski definition) is 8. The van der Waals surface area contributed by atoms with Crippen LogP contribution in [0.15, 0.2) is 40.6 Å². The van der Waals surface area contributed by atoms with E-state index in [9.17, 15) is 18.0 Å². The molecule has 0 saturated carbocycles. The van der Waals surface area contributed by atoms with Crippen molar-refractivity contribution in [1.82, 2.24) is 24.9 Å². The van der Waals surface area contributed by atoms with E-state index in [-0.39, 0.29) is 32.6 Å². The summed E-state index contributed by atoms with van der Waals surface area (Å²) in [5.74, 6) is -1.88. The SMILES string of the molecule is COC(=O)c1ccc2nc(SC3C=NC=CN3)c3nnc(C(F)(F)F)n3c2c1. The minimum atomic E-state index is -4.75. The van der Waals surface area contributed by atoms with Crippen LogP contribution in [0.2, 0.25) is 0 Å². The van der Waals surface area contributed by atoms with Crippen LogP contribution in [-0.2, 0) is 10.9 Å². The van der Waals surface area contributed by atoms with Gasteiger partial charge in [0.2, 0.25) is 5.82 Å². The number of carbonyl (C=O) groups excluding carboxylic acids is 1. The number of thioether (sulfide) groups is 1. The van der Waals surface area contributed by atoms with Crippen LogP contribution in [0, 0.1) is 0 Å². The Bertz CT molecular complexity index is 1140. The number of fused-ring (bicyclic) bond motifs is 3. The fraction of sp³-hybridized carbons (Fsp3) is 0.188. The molecule has 1 aliphatic rings. The molecule has 0 spiro atoms. The molecule has 28 heavy (non-hydrogen) atoms. The van der Waals surface area contributed by atoms with Crippen LogP contribution in [0.5, 0.6) is 0 Å². The first-order valence-corrected chi connectivity index (χ1v) is 8.72. The Morgan fingerprint density at radius 3 is 2.82 bits per heavy atom. The molecule has 2 aromatic heterocycles. The Labute approximate surface area is 159 Å². The number of esters is 1. The summed E-state index contributed by atoms with van der Waals surface area (Å²) >= 11 is 1.14. The van der Waals surface area contributed by atoms with Crippen LogP contribution < -0.4 is 5.32 Å². The molecule has 0 bridgehead atoms. The highest BCUT2D eigenvalue weighted by Gasteiger charge is 2.38. The van der Waals surface area contributed by atoms with E-state index in [1.165, 1.54) is 25.3 Å². The standard InChI is InChI=1S/C16H11F3N6O2S/c1-27-14(26)8-2-3-9-10(6-8)25-12(23-24-15(25)16(17,18)19)13(22-9)28-11-7-20-4-5-21-11/h2-7,11,21H,1H3. The molecule has 12 heteroatoms. The second-order valence-corrected chi connectivity index (χ2v) is 6.74. The number of methoxy groups -OCH3 is 1. The average molecular weight is 408 g/mol. The second-order valence-electron chi connectivity index (χ2n) is 5.61. The lowest BCUT2D eigenvalue weighted by Gasteiger charge is -2.15. The summed E-state index contributed by atoms with van der Waals surface area (Å²) in [5, 5.41) is 9.92. The van der Waals surface area contributed by atoms with Gasteiger partial charge in [-0.1, -0.05) is 11.8 Å². The molecule has 1 N–H and O–H groups in total. The van der Waals surface area contributed by atoms with Crippen molar-refractivity contribution in [2.45, 2.75) is 16.6 Å². The first kappa shape index (κ1) is 18.2. The topological polar surface area (TPSA) is 93.8 Å². The third kappa shape index (κ3) is 3.15. The van der Waals surface area contributed by atoms with Gasteiger partial charge < -0.3 is 10.1 Å². The molecule has 0 radical (unpaired) electrons. The van der Waals surface area contributed by atoms with Gasteiger partial charge >= 0.3 is 12.1 Å². The molecular weight excluding hydrogens is 397 g/mol. The molecule has 0 fully saturated rings. The average Bonchev–Trinajstić information content (AvgIpc) is 3.14. The number of benzene rings is 1. The van der Waals surface area contributed by atoms with E-state index in [2.05, 4.69) is 30.2 Å². The quantitative estimate of drug-likeness (QED) is 0.666. The van der Waals surface area contributed by atoms with Crippen molar-refractivity contribution >= 4 is 40.6 Å². The largest absolute Gasteiger partial charge is 0.465 e. The number of ether oxygens (including phenoxy) is 1. The lowest BCUT2D eigenvalue weighted by atomic mass is 10.2. The van der Waals surface area contributed by atoms with Crippen LogP contribution in [0.4, 0.5) is 13.2 Å². The van der Waals surface area contributed by atoms with Crippen LogP contribution in [0.3, 0.4) is 0 Å². The molecule has 1 unspecified atom stereocenters. The zero-order chi connectivity index (χ0) is 19.9. The van der Waals surface area contributed by atoms with Crippen LogP contribution in [-0.4, -0.2) is 44.2 Å². The van der Waals surface area contributed by atoms with Crippen molar-refractivity contribution in [2.24, 2.45) is 4.99 Å². The van der Waals surface area contributed by atoms with E-state index in [0.717, 1.165) is 16.2 Å². The third-order valence-electron chi connectivity index (χ3n) is 3.85. The number of alkyl halides is 3. The summed E-state index contributed by atoms with van der Waals surface area (Å²) in [4.78, 5) is 20.2. The number of rotatable bonds is 3. The molecule has 3 heterocycles. The molecule has 1 aromatic carbocycles. The van der Waals surface area contributed by atoms with Gasteiger partial charge in [-0.3, -0.25) is 9.39 Å². The Balaban J connectivity index is 1.96. The highest BCUT2D eigenvalue weighted by molar-refractivity contribution is 8.00. The van der Waals surface area contributed by atoms with Crippen molar-refractivity contribution in [3.63, 3.8) is 0 Å². The van der Waals surface area contributed by atoms with E-state index < -0.39 is 18.0 Å². The van der Waals surface area contributed by atoms with E-state index in [1.54, 1.807) is 18.6 Å². The van der Waals surface area contributed by atoms with Crippen molar-refractivity contribution in [3.05, 3.63) is 42.0 Å². The van der Waals surface area contributed by atoms with Gasteiger partial charge in [-0.15, -0.1) is 10.2 Å². The smallest absolute Gasteiger partial charge is 0.452 e. The summed E-state index contributed by atoms with van der Waals surface area (Å²) in [7, 11) is 1.19. The highest BCUT2D eigenvalue weighted by Crippen LogP contribution is 2.34. The molecular formula is C16H11F3N6O2S. The number of hydrogen-bond donors (Lipinski definition) is 1. The van der Waals surface area contributed by atoms with E-state index in [0.29, 0.717) is 0 Å². The Kier molecular flexibility index (Phi) is 4.41. The number of carbonyl (C=O) groups is 1. The molecule has 1 aliphatic heterocycles. The minimum absolute atomic E-state index is 0.0461. The number of halogens is 3. The van der Waals surface area contributed by atoms with Gasteiger partial charge in [-0.2, -0.15) is 13.2 Å². The maximum atomic E-state index is 13.5. The van der Waals surface area contributed by atoms with Crippen molar-refractivity contribution in [3.8, 4) is 0 Å². The van der Waals surface area contributed by atoms with Crippen molar-refractivity contribution in [2.75, 3.05) is 7.11 Å². The Hall–Kier alpha value is -3.15. The lowest BCUT2D eigenvalue weighted by molar-refractivity contribution is -0.145. The predicted octanol–water partition coefficient (Wildman–Crippen LogP) is 2.65. The molecule has 8 nitrogen and oxygen atoms in total. The molecule has 4 rings (SSSR count). The summed E-state index contributed by atoms with van der Waals surface area (Å²) in [6, 6.07) is 4.16. The highest BCUT2D eigenvalue weighted by atomic mass is 32.2. The third-order valence-corrected chi connectivity index (χ3v) is 4.86. The molecule has 0 aliphatic carbocycles. The molecule has 1 atom stereocenters. The monoisotopic (exact) mass is 408 g/mol. The molecule has 0 saturated heterocycles. The van der Waals surface area contributed by atoms with Crippen LogP contribution in [0.25, 0.3) is 16.7 Å². The molecule has 0 amide bonds. The fourth-order valence-electron chi connectivity index (χ4n) is 2.65. The predicted molar refractivity (Wildman–Crippen MR) is 95.0 cm³/mol. The number of aromatic nitrogens is 4. The summed E-state index contributed by atoms with van der Waals surface area (Å²) < 4.78 is 46.0. The summed E-state index contributed by atoms with van der Waals surface area (Å²) in [5.41, 5.74) is 0.309. The second kappa shape index (κ2) is 6.78. The van der Waals surface area contributed by atoms with Crippen LogP contribution in [0.1, 0.15) is 16.2 Å². The number of nitrogens with zero attached hydrogens (tertiary/aromatic N) is 5. The maximum Gasteiger partial charge on any atom is 0.452 e. The zero-order valence-electron chi connectivity index (χ0n) is 14.1. The van der Waals surface area contributed by atoms with Gasteiger partial charge in [0.25, 0.3) is 0 Å². The van der Waals surface area contributed by atoms with E-state index in [1.807, 2.05) is 0 Å². The first-order valence-electron chi connectivity index (χ1n) is 7.84. The van der Waals surface area contributed by atoms with Gasteiger partial charge in [0.05, 0.1) is 23.7 Å². The minimum Gasteiger partial charge on any atom is -0.465 e. The summed E-state index contributed by atoms with van der Waals surface area (Å²) in [6.07, 6.45) is 0.00970. The Morgan fingerprint density at radius 1 is 1.32 bits per heavy atom. The zero-order valence-corrected chi connectivity index (χ0v) is 15.0. The van der Waals surface area contributed by atoms with Crippen molar-refractivity contribution in [1.29, 1.82) is 0 Å².